The highest BCUT2D eigenvalue weighted by Crippen LogP contribution is 2.32. The molecule has 1 amide bonds. The number of carbonyl (C=O) groups excluding carboxylic acids is 5. The SMILES string of the molecule is CC1CCCCN1C(=O)C(=O)C1(O)OCCCC1C.COCCOC(C)/C(C)=C/C=C/C=C[C@@H](C)CC(C)C(=O)[C@H](OC)C(O)/C(C)=C/[C@@H](C)C(C)=O.CO[C@@H]1C[C@H](C[C@@H](C)COC=O)CCC1O. The molecular formula is C54H91NO14. The van der Waals surface area contributed by atoms with E-state index in [1.807, 2.05) is 52.0 Å². The number of nitrogens with zero attached hydrogens (tertiary/aromatic N) is 1. The number of hydrogen-bond acceptors (Lipinski definition) is 14. The van der Waals surface area contributed by atoms with Gasteiger partial charge in [0.05, 0.1) is 44.7 Å². The van der Waals surface area contributed by atoms with Crippen LogP contribution in [-0.2, 0) is 52.4 Å². The molecule has 15 heteroatoms. The average Bonchev–Trinajstić information content (AvgIpc) is 3.32. The molecular weight excluding hydrogens is 887 g/mol. The number of ether oxygens (including phenoxy) is 6. The second-order valence-corrected chi connectivity index (χ2v) is 19.7. The van der Waals surface area contributed by atoms with Gasteiger partial charge in [0.25, 0.3) is 18.2 Å². The van der Waals surface area contributed by atoms with Crippen molar-refractivity contribution in [3.8, 4) is 0 Å². The Morgan fingerprint density at radius 3 is 2.17 bits per heavy atom. The second kappa shape index (κ2) is 34.0. The number of piperidine rings is 1. The molecule has 7 unspecified atom stereocenters. The third-order valence-corrected chi connectivity index (χ3v) is 13.7. The summed E-state index contributed by atoms with van der Waals surface area (Å²) in [5, 5.41) is 30.7. The highest BCUT2D eigenvalue weighted by Gasteiger charge is 2.49. The molecule has 1 saturated carbocycles. The zero-order valence-corrected chi connectivity index (χ0v) is 44.4. The number of hydrogen-bond donors (Lipinski definition) is 3. The van der Waals surface area contributed by atoms with Gasteiger partial charge >= 0.3 is 0 Å². The quantitative estimate of drug-likeness (QED) is 0.0270. The Balaban J connectivity index is 0.000000567. The summed E-state index contributed by atoms with van der Waals surface area (Å²) >= 11 is 0. The van der Waals surface area contributed by atoms with Crippen LogP contribution in [0.3, 0.4) is 0 Å². The minimum absolute atomic E-state index is 0.00504. The number of carbonyl (C=O) groups is 5. The molecule has 0 spiro atoms. The van der Waals surface area contributed by atoms with E-state index in [0.29, 0.717) is 69.7 Å². The number of aliphatic hydroxyl groups excluding tert-OH is 2. The summed E-state index contributed by atoms with van der Waals surface area (Å²) in [4.78, 5) is 60.7. The van der Waals surface area contributed by atoms with Crippen LogP contribution in [0.4, 0.5) is 0 Å². The summed E-state index contributed by atoms with van der Waals surface area (Å²) < 4.78 is 31.3. The highest BCUT2D eigenvalue weighted by molar-refractivity contribution is 6.38. The molecule has 0 aromatic carbocycles. The molecule has 3 N–H and O–H groups in total. The normalized spacial score (nSPS) is 26.6. The number of rotatable bonds is 25. The maximum Gasteiger partial charge on any atom is 0.296 e. The van der Waals surface area contributed by atoms with Crippen molar-refractivity contribution in [2.24, 2.45) is 35.5 Å². The number of ketones is 3. The summed E-state index contributed by atoms with van der Waals surface area (Å²) in [6.07, 6.45) is 18.2. The Morgan fingerprint density at radius 1 is 0.884 bits per heavy atom. The van der Waals surface area contributed by atoms with Crippen LogP contribution in [0.15, 0.2) is 47.6 Å². The van der Waals surface area contributed by atoms with E-state index in [0.717, 1.165) is 56.9 Å². The summed E-state index contributed by atoms with van der Waals surface area (Å²) in [6.45, 7) is 21.8. The zero-order chi connectivity index (χ0) is 52.3. The van der Waals surface area contributed by atoms with Crippen molar-refractivity contribution in [3.63, 3.8) is 0 Å². The fraction of sp³-hybridized carbons (Fsp3) is 0.759. The molecule has 0 aromatic rings. The monoisotopic (exact) mass is 978 g/mol. The van der Waals surface area contributed by atoms with Crippen molar-refractivity contribution in [2.45, 2.75) is 176 Å². The first-order chi connectivity index (χ1) is 32.6. The molecule has 2 saturated heterocycles. The van der Waals surface area contributed by atoms with Gasteiger partial charge in [-0.05, 0) is 128 Å². The van der Waals surface area contributed by atoms with Gasteiger partial charge in [-0.3, -0.25) is 24.0 Å². The zero-order valence-electron chi connectivity index (χ0n) is 44.4. The highest BCUT2D eigenvalue weighted by atomic mass is 16.6. The third-order valence-electron chi connectivity index (χ3n) is 13.7. The van der Waals surface area contributed by atoms with Gasteiger partial charge in [0.15, 0.2) is 5.78 Å². The average molecular weight is 978 g/mol. The topological polar surface area (TPSA) is 205 Å². The molecule has 396 valence electrons. The lowest BCUT2D eigenvalue weighted by molar-refractivity contribution is -0.240. The van der Waals surface area contributed by atoms with Crippen LogP contribution in [0.1, 0.15) is 133 Å². The Hall–Kier alpha value is -3.41. The van der Waals surface area contributed by atoms with Crippen molar-refractivity contribution in [1.29, 1.82) is 0 Å². The summed E-state index contributed by atoms with van der Waals surface area (Å²) in [5.41, 5.74) is 1.69. The van der Waals surface area contributed by atoms with E-state index in [2.05, 4.69) is 19.9 Å². The van der Waals surface area contributed by atoms with Gasteiger partial charge in [-0.1, -0.05) is 71.1 Å². The fourth-order valence-electron chi connectivity index (χ4n) is 8.81. The Kier molecular flexibility index (Phi) is 31.4. The standard InChI is InChI=1S/C28H46O6.C14H23NO4.C12H22O4/c1-19(13-11-10-12-14-20(2)25(7)34-16-15-32-8)17-22(4)26(30)28(33-9)27(31)23(5)18-21(3)24(6)29;1-10-6-5-9-19-14(10,18)12(16)13(17)15-8-4-3-7-11(15)2;1-9(7-16-8-13)5-10-3-4-11(14)12(6-10)15-2/h10-14,18-19,21-22,25,27-28,31H,15-17H2,1-9H3;10-11,18H,3-9H2,1-2H3;8-12,14H,3-7H2,1-2H3/b12-10+,13-11?,20-14+,23-18+;;/t19-,21-,22?,25?,27?,28+;;9-,10+,11?,12-/m1.1/s1. The van der Waals surface area contributed by atoms with Gasteiger partial charge in [0.2, 0.25) is 5.79 Å². The lowest BCUT2D eigenvalue weighted by Crippen LogP contribution is -2.57. The first-order valence-corrected chi connectivity index (χ1v) is 25.1. The Morgan fingerprint density at radius 2 is 1.58 bits per heavy atom. The fourth-order valence-corrected chi connectivity index (χ4v) is 8.81. The predicted molar refractivity (Wildman–Crippen MR) is 267 cm³/mol. The van der Waals surface area contributed by atoms with E-state index < -0.39 is 29.7 Å². The number of Topliss-reactive ketones (excluding diaryl/α,β-unsaturated/α-hetero) is 3. The molecule has 13 atom stereocenters. The van der Waals surface area contributed by atoms with Crippen molar-refractivity contribution < 1.29 is 67.7 Å². The molecule has 69 heavy (non-hydrogen) atoms. The summed E-state index contributed by atoms with van der Waals surface area (Å²) in [7, 11) is 4.72. The minimum Gasteiger partial charge on any atom is -0.468 e. The van der Waals surface area contributed by atoms with Crippen LogP contribution < -0.4 is 0 Å². The van der Waals surface area contributed by atoms with Gasteiger partial charge < -0.3 is 48.6 Å². The summed E-state index contributed by atoms with van der Waals surface area (Å²) in [5.74, 6) is -3.27. The second-order valence-electron chi connectivity index (χ2n) is 19.7. The number of likely N-dealkylation sites (tertiary alicyclic amines) is 1. The van der Waals surface area contributed by atoms with Gasteiger partial charge in [-0.25, -0.2) is 0 Å². The van der Waals surface area contributed by atoms with Crippen LogP contribution in [-0.4, -0.2) is 147 Å². The van der Waals surface area contributed by atoms with E-state index in [9.17, 15) is 39.3 Å². The first kappa shape index (κ1) is 63.6. The first-order valence-electron chi connectivity index (χ1n) is 25.1. The van der Waals surface area contributed by atoms with E-state index in [1.165, 1.54) is 14.0 Å². The smallest absolute Gasteiger partial charge is 0.296 e. The van der Waals surface area contributed by atoms with Crippen molar-refractivity contribution in [3.05, 3.63) is 47.6 Å². The predicted octanol–water partition coefficient (Wildman–Crippen LogP) is 7.33. The molecule has 0 aromatic heterocycles. The molecule has 15 nitrogen and oxygen atoms in total. The number of aliphatic hydroxyl groups is 3. The van der Waals surface area contributed by atoms with Crippen LogP contribution in [0, 0.1) is 35.5 Å². The van der Waals surface area contributed by atoms with Gasteiger partial charge in [0.1, 0.15) is 18.0 Å². The van der Waals surface area contributed by atoms with E-state index in [1.54, 1.807) is 46.0 Å². The molecule has 2 aliphatic heterocycles. The lowest BCUT2D eigenvalue weighted by Gasteiger charge is -2.39. The Labute approximate surface area is 414 Å². The van der Waals surface area contributed by atoms with Crippen LogP contribution in [0.5, 0.6) is 0 Å². The largest absolute Gasteiger partial charge is 0.468 e. The van der Waals surface area contributed by atoms with E-state index in [-0.39, 0.29) is 59.6 Å². The third kappa shape index (κ3) is 22.7. The van der Waals surface area contributed by atoms with E-state index >= 15 is 0 Å². The van der Waals surface area contributed by atoms with Gasteiger partial charge in [-0.15, -0.1) is 0 Å². The molecule has 2 heterocycles. The van der Waals surface area contributed by atoms with Crippen LogP contribution in [0.25, 0.3) is 0 Å². The summed E-state index contributed by atoms with van der Waals surface area (Å²) in [6, 6.07) is 0.0627. The molecule has 0 bridgehead atoms. The number of methoxy groups -OCH3 is 3. The van der Waals surface area contributed by atoms with E-state index in [4.69, 9.17) is 28.4 Å². The minimum atomic E-state index is -1.92. The van der Waals surface area contributed by atoms with Gasteiger partial charge in [0, 0.05) is 51.7 Å². The molecule has 1 aliphatic carbocycles. The number of allylic oxidation sites excluding steroid dienone is 6. The van der Waals surface area contributed by atoms with Crippen molar-refractivity contribution in [2.75, 3.05) is 54.3 Å². The number of amides is 1. The molecule has 3 rings (SSSR count). The van der Waals surface area contributed by atoms with Crippen molar-refractivity contribution in [1.82, 2.24) is 4.90 Å². The van der Waals surface area contributed by atoms with Crippen LogP contribution in [0.2, 0.25) is 0 Å². The molecule has 3 aliphatic rings. The maximum absolute atomic E-state index is 12.9. The maximum atomic E-state index is 12.9. The van der Waals surface area contributed by atoms with Crippen molar-refractivity contribution >= 4 is 29.7 Å². The van der Waals surface area contributed by atoms with Gasteiger partial charge in [-0.2, -0.15) is 0 Å². The lowest BCUT2D eigenvalue weighted by atomic mass is 9.80. The molecule has 0 radical (unpaired) electrons. The Bertz CT molecular complexity index is 1660. The van der Waals surface area contributed by atoms with Crippen LogP contribution >= 0.6 is 0 Å². The molecule has 3 fully saturated rings.